The number of rotatable bonds is 31. The maximum Gasteiger partial charge on any atom is 0.325 e. The molecule has 0 aromatic heterocycles. The molecule has 0 saturated carbocycles. The molecule has 0 fully saturated rings. The molecule has 0 saturated heterocycles. The lowest BCUT2D eigenvalue weighted by molar-refractivity contribution is -0.141. The first-order valence-electron chi connectivity index (χ1n) is 20.1. The predicted molar refractivity (Wildman–Crippen MR) is 220 cm³/mol. The fourth-order valence-corrected chi connectivity index (χ4v) is 5.36. The number of nitrogens with two attached hydrogens (primary N) is 6. The van der Waals surface area contributed by atoms with E-state index >= 15 is 0 Å². The SMILES string of the molecule is C[C@H](N)C(=O)N[C@@H](CCCN=C(N)N)C(=O)N[C@@H](CCCCN)C(=O)N[C@@H](CCCCN)C(=O)N[C@@H](C)C(=O)N[C@@H](C)C(=O)N[C@@H](CCCCN)C(=O)N[C@@H](C)C(=O)O. The molecule has 0 rings (SSSR count). The van der Waals surface area contributed by atoms with Crippen molar-refractivity contribution in [1.29, 1.82) is 0 Å². The largest absolute Gasteiger partial charge is 0.480 e. The van der Waals surface area contributed by atoms with Crippen LogP contribution in [0, 0.1) is 0 Å². The van der Waals surface area contributed by atoms with Crippen LogP contribution in [0.1, 0.15) is 98.3 Å². The maximum absolute atomic E-state index is 13.8. The lowest BCUT2D eigenvalue weighted by Gasteiger charge is -2.26. The number of carbonyl (C=O) groups is 8. The minimum atomic E-state index is -1.26. The number of guanidine groups is 1. The first-order chi connectivity index (χ1) is 27.8. The van der Waals surface area contributed by atoms with Crippen molar-refractivity contribution < 1.29 is 43.5 Å². The van der Waals surface area contributed by atoms with E-state index in [1.807, 2.05) is 0 Å². The summed E-state index contributed by atoms with van der Waals surface area (Å²) in [5.41, 5.74) is 33.4. The molecule has 0 aromatic rings. The molecule has 0 aliphatic carbocycles. The number of carboxylic acid groups (broad SMARTS) is 1. The van der Waals surface area contributed by atoms with E-state index in [2.05, 4.69) is 42.2 Å². The summed E-state index contributed by atoms with van der Waals surface area (Å²) in [6, 6.07) is -9.07. The van der Waals surface area contributed by atoms with Crippen molar-refractivity contribution in [1.82, 2.24) is 37.2 Å². The van der Waals surface area contributed by atoms with Crippen LogP contribution in [-0.2, 0) is 38.4 Å². The van der Waals surface area contributed by atoms with Crippen LogP contribution in [0.2, 0.25) is 0 Å². The Morgan fingerprint density at radius 2 is 0.763 bits per heavy atom. The highest BCUT2D eigenvalue weighted by Gasteiger charge is 2.32. The Balaban J connectivity index is 5.95. The van der Waals surface area contributed by atoms with Gasteiger partial charge in [0.15, 0.2) is 5.96 Å². The molecule has 0 unspecified atom stereocenters. The van der Waals surface area contributed by atoms with E-state index in [4.69, 9.17) is 34.4 Å². The fourth-order valence-electron chi connectivity index (χ4n) is 5.36. The number of aliphatic imine (C=N–C) groups is 1. The highest BCUT2D eigenvalue weighted by Crippen LogP contribution is 2.08. The number of nitrogens with one attached hydrogen (secondary N) is 7. The van der Waals surface area contributed by atoms with Crippen molar-refractivity contribution >= 4 is 53.3 Å². The summed E-state index contributed by atoms with van der Waals surface area (Å²) >= 11 is 0. The van der Waals surface area contributed by atoms with Gasteiger partial charge in [0, 0.05) is 6.54 Å². The molecule has 8 atom stereocenters. The molecule has 0 spiro atoms. The van der Waals surface area contributed by atoms with E-state index in [9.17, 15) is 43.5 Å². The van der Waals surface area contributed by atoms with Crippen LogP contribution in [0.15, 0.2) is 4.99 Å². The second-order valence-electron chi connectivity index (χ2n) is 14.4. The van der Waals surface area contributed by atoms with Crippen LogP contribution >= 0.6 is 0 Å². The van der Waals surface area contributed by atoms with Crippen LogP contribution in [0.4, 0.5) is 0 Å². The van der Waals surface area contributed by atoms with E-state index in [-0.39, 0.29) is 38.2 Å². The zero-order chi connectivity index (χ0) is 45.1. The van der Waals surface area contributed by atoms with Gasteiger partial charge < -0.3 is 76.7 Å². The zero-order valence-electron chi connectivity index (χ0n) is 34.8. The van der Waals surface area contributed by atoms with Crippen molar-refractivity contribution in [3.8, 4) is 0 Å². The number of hydrogen-bond acceptors (Lipinski definition) is 13. The highest BCUT2D eigenvalue weighted by atomic mass is 16.4. The van der Waals surface area contributed by atoms with Crippen molar-refractivity contribution in [2.45, 2.75) is 147 Å². The van der Waals surface area contributed by atoms with Gasteiger partial charge in [-0.1, -0.05) is 0 Å². The van der Waals surface area contributed by atoms with Gasteiger partial charge in [-0.25, -0.2) is 0 Å². The number of aliphatic carboxylic acids is 1. The number of carbonyl (C=O) groups excluding carboxylic acids is 7. The van der Waals surface area contributed by atoms with Crippen molar-refractivity contribution in [2.75, 3.05) is 26.2 Å². The third-order valence-corrected chi connectivity index (χ3v) is 8.96. The van der Waals surface area contributed by atoms with Gasteiger partial charge in [-0.15, -0.1) is 0 Å². The van der Waals surface area contributed by atoms with Gasteiger partial charge in [-0.3, -0.25) is 43.3 Å². The topological polar surface area (TPSA) is 409 Å². The van der Waals surface area contributed by atoms with Gasteiger partial charge in [0.1, 0.15) is 42.3 Å². The third kappa shape index (κ3) is 23.2. The molecule has 7 amide bonds. The summed E-state index contributed by atoms with van der Waals surface area (Å²) in [5.74, 6) is -6.34. The lowest BCUT2D eigenvalue weighted by atomic mass is 10.0. The van der Waals surface area contributed by atoms with Gasteiger partial charge in [0.2, 0.25) is 41.4 Å². The Morgan fingerprint density at radius 1 is 0.458 bits per heavy atom. The normalized spacial score (nSPS) is 15.0. The average molecular weight is 843 g/mol. The standard InChI is InChI=1S/C36H70N14O9/c1-20(40)28(51)47-27(15-11-19-43-36(41)42)34(57)50-26(14-7-10-18-39)33(56)49-25(13-6-9-17-38)31(54)45-21(2)29(52)44-22(3)30(53)48-24(12-5-8-16-37)32(55)46-23(4)35(58)59/h20-27H,5-19,37-40H2,1-4H3,(H,44,52)(H,45,54)(H,46,55)(H,47,51)(H,48,53)(H,49,56)(H,50,57)(H,58,59)(H4,41,42,43)/t20-,21-,22-,23-,24-,25-,26-,27-/m0/s1. The molecule has 0 bridgehead atoms. The van der Waals surface area contributed by atoms with Gasteiger partial charge in [0.05, 0.1) is 6.04 Å². The number of unbranched alkanes of at least 4 members (excludes halogenated alkanes) is 3. The Labute approximate surface area is 345 Å². The van der Waals surface area contributed by atoms with E-state index in [0.717, 1.165) is 0 Å². The maximum atomic E-state index is 13.8. The number of nitrogens with zero attached hydrogens (tertiary/aromatic N) is 1. The molecule has 0 aromatic carbocycles. The quantitative estimate of drug-likeness (QED) is 0.0177. The summed E-state index contributed by atoms with van der Waals surface area (Å²) < 4.78 is 0. The second-order valence-corrected chi connectivity index (χ2v) is 14.4. The second kappa shape index (κ2) is 30.0. The minimum absolute atomic E-state index is 0.110. The first kappa shape index (κ1) is 53.9. The summed E-state index contributed by atoms with van der Waals surface area (Å²) in [6.45, 7) is 6.60. The van der Waals surface area contributed by atoms with Gasteiger partial charge in [-0.2, -0.15) is 0 Å². The summed E-state index contributed by atoms with van der Waals surface area (Å²) in [6.07, 6.45) is 3.74. The van der Waals surface area contributed by atoms with Crippen LogP contribution in [-0.4, -0.2) is 133 Å². The van der Waals surface area contributed by atoms with Crippen LogP contribution in [0.5, 0.6) is 0 Å². The Bertz CT molecular complexity index is 1400. The van der Waals surface area contributed by atoms with Crippen LogP contribution in [0.3, 0.4) is 0 Å². The average Bonchev–Trinajstić information content (AvgIpc) is 3.17. The molecule has 0 heterocycles. The first-order valence-corrected chi connectivity index (χ1v) is 20.1. The Kier molecular flexibility index (Phi) is 27.4. The molecule has 20 N–H and O–H groups in total. The Hall–Kier alpha value is -5.13. The minimum Gasteiger partial charge on any atom is -0.480 e. The van der Waals surface area contributed by atoms with Crippen molar-refractivity contribution in [3.63, 3.8) is 0 Å². The van der Waals surface area contributed by atoms with Crippen LogP contribution in [0.25, 0.3) is 0 Å². The highest BCUT2D eigenvalue weighted by molar-refractivity contribution is 5.97. The molecule has 23 heteroatoms. The molecule has 59 heavy (non-hydrogen) atoms. The molecule has 0 radical (unpaired) electrons. The van der Waals surface area contributed by atoms with Crippen LogP contribution < -0.4 is 71.6 Å². The van der Waals surface area contributed by atoms with Crippen molar-refractivity contribution in [2.24, 2.45) is 39.4 Å². The molecular formula is C36H70N14O9. The third-order valence-electron chi connectivity index (χ3n) is 8.96. The fraction of sp³-hybridized carbons (Fsp3) is 0.750. The van der Waals surface area contributed by atoms with E-state index < -0.39 is 95.7 Å². The summed E-state index contributed by atoms with van der Waals surface area (Å²) in [5, 5.41) is 27.0. The molecule has 0 aliphatic heterocycles. The zero-order valence-corrected chi connectivity index (χ0v) is 34.8. The van der Waals surface area contributed by atoms with E-state index in [1.54, 1.807) is 0 Å². The Morgan fingerprint density at radius 3 is 1.12 bits per heavy atom. The smallest absolute Gasteiger partial charge is 0.325 e. The van der Waals surface area contributed by atoms with Gasteiger partial charge >= 0.3 is 5.97 Å². The van der Waals surface area contributed by atoms with E-state index in [0.29, 0.717) is 64.6 Å². The molecule has 0 aliphatic rings. The van der Waals surface area contributed by atoms with Crippen molar-refractivity contribution in [3.05, 3.63) is 0 Å². The number of carboxylic acids is 1. The molecule has 338 valence electrons. The molecular weight excluding hydrogens is 772 g/mol. The van der Waals surface area contributed by atoms with Gasteiger partial charge in [0.25, 0.3) is 0 Å². The number of amides is 7. The molecule has 23 nitrogen and oxygen atoms in total. The lowest BCUT2D eigenvalue weighted by Crippen LogP contribution is -2.59. The predicted octanol–water partition coefficient (Wildman–Crippen LogP) is -4.69. The van der Waals surface area contributed by atoms with E-state index in [1.165, 1.54) is 27.7 Å². The summed E-state index contributed by atoms with van der Waals surface area (Å²) in [4.78, 5) is 107. The van der Waals surface area contributed by atoms with Gasteiger partial charge in [-0.05, 0) is 118 Å². The number of hydrogen-bond donors (Lipinski definition) is 14. The monoisotopic (exact) mass is 843 g/mol. The summed E-state index contributed by atoms with van der Waals surface area (Å²) in [7, 11) is 0.